The Labute approximate surface area is 172 Å². The fourth-order valence-corrected chi connectivity index (χ4v) is 4.34. The Kier molecular flexibility index (Phi) is 6.37. The number of piperidine rings is 1. The Hall–Kier alpha value is -0.970. The summed E-state index contributed by atoms with van der Waals surface area (Å²) in [4.78, 5) is 13.5. The van der Waals surface area contributed by atoms with Crippen LogP contribution in [0.5, 0.6) is 0 Å². The van der Waals surface area contributed by atoms with Crippen LogP contribution in [0.4, 0.5) is 0 Å². The molecule has 1 heterocycles. The number of hydrogen-bond donors (Lipinski definition) is 1. The van der Waals surface area contributed by atoms with E-state index in [4.69, 9.17) is 46.4 Å². The lowest BCUT2D eigenvalue weighted by molar-refractivity contribution is -0.143. The number of rotatable bonds is 4. The van der Waals surface area contributed by atoms with E-state index < -0.39 is 5.97 Å². The molecule has 0 spiro atoms. The van der Waals surface area contributed by atoms with Crippen LogP contribution in [0.3, 0.4) is 0 Å². The van der Waals surface area contributed by atoms with Crippen LogP contribution in [0.2, 0.25) is 20.1 Å². The Bertz CT molecular complexity index is 819. The number of carbonyl (C=O) groups is 1. The van der Waals surface area contributed by atoms with Gasteiger partial charge in [-0.05, 0) is 55.3 Å². The lowest BCUT2D eigenvalue weighted by Gasteiger charge is -2.37. The van der Waals surface area contributed by atoms with Crippen LogP contribution in [0.1, 0.15) is 30.0 Å². The first-order chi connectivity index (χ1) is 12.4. The van der Waals surface area contributed by atoms with Gasteiger partial charge in [0.2, 0.25) is 0 Å². The van der Waals surface area contributed by atoms with Gasteiger partial charge in [0.15, 0.2) is 0 Å². The van der Waals surface area contributed by atoms with Gasteiger partial charge in [0, 0.05) is 10.0 Å². The molecule has 1 fully saturated rings. The quantitative estimate of drug-likeness (QED) is 0.626. The number of benzene rings is 2. The fourth-order valence-electron chi connectivity index (χ4n) is 3.42. The zero-order valence-electron chi connectivity index (χ0n) is 13.8. The average molecular weight is 433 g/mol. The molecule has 1 saturated heterocycles. The van der Waals surface area contributed by atoms with Crippen molar-refractivity contribution in [2.45, 2.75) is 18.9 Å². The van der Waals surface area contributed by atoms with E-state index in [1.54, 1.807) is 18.2 Å². The summed E-state index contributed by atoms with van der Waals surface area (Å²) in [5.41, 5.74) is 1.71. The number of halogens is 4. The van der Waals surface area contributed by atoms with E-state index in [2.05, 4.69) is 4.90 Å². The predicted octanol–water partition coefficient (Wildman–Crippen LogP) is 6.19. The Morgan fingerprint density at radius 3 is 2.31 bits per heavy atom. The molecule has 0 aromatic heterocycles. The second-order valence-electron chi connectivity index (χ2n) is 6.36. The summed E-state index contributed by atoms with van der Waals surface area (Å²) >= 11 is 25.3. The molecule has 1 unspecified atom stereocenters. The van der Waals surface area contributed by atoms with Gasteiger partial charge in [-0.2, -0.15) is 0 Å². The summed E-state index contributed by atoms with van der Waals surface area (Å²) in [5, 5.41) is 11.3. The minimum atomic E-state index is -0.744. The van der Waals surface area contributed by atoms with Crippen molar-refractivity contribution >= 4 is 52.4 Å². The number of nitrogens with zero attached hydrogens (tertiary/aromatic N) is 1. The summed E-state index contributed by atoms with van der Waals surface area (Å²) in [6, 6.07) is 10.7. The largest absolute Gasteiger partial charge is 0.481 e. The molecule has 1 aliphatic rings. The molecule has 138 valence electrons. The highest BCUT2D eigenvalue weighted by molar-refractivity contribution is 6.42. The average Bonchev–Trinajstić information content (AvgIpc) is 2.61. The molecule has 7 heteroatoms. The first-order valence-corrected chi connectivity index (χ1v) is 9.75. The van der Waals surface area contributed by atoms with Gasteiger partial charge in [-0.3, -0.25) is 9.69 Å². The maximum atomic E-state index is 11.3. The molecule has 0 aliphatic carbocycles. The van der Waals surface area contributed by atoms with Gasteiger partial charge < -0.3 is 5.11 Å². The Morgan fingerprint density at radius 1 is 1.00 bits per heavy atom. The monoisotopic (exact) mass is 431 g/mol. The van der Waals surface area contributed by atoms with Crippen LogP contribution >= 0.6 is 46.4 Å². The third kappa shape index (κ3) is 4.13. The van der Waals surface area contributed by atoms with E-state index in [1.165, 1.54) is 0 Å². The zero-order valence-corrected chi connectivity index (χ0v) is 16.8. The molecule has 2 aromatic rings. The van der Waals surface area contributed by atoms with Crippen molar-refractivity contribution < 1.29 is 9.90 Å². The number of aliphatic carboxylic acids is 1. The molecule has 26 heavy (non-hydrogen) atoms. The van der Waals surface area contributed by atoms with Crippen molar-refractivity contribution in [3.05, 3.63) is 67.6 Å². The SMILES string of the molecule is O=C(O)C1CCN(C(c2ccc(Cl)cc2Cl)c2cccc(Cl)c2Cl)CC1. The molecule has 2 aromatic carbocycles. The van der Waals surface area contributed by atoms with Crippen molar-refractivity contribution in [2.75, 3.05) is 13.1 Å². The van der Waals surface area contributed by atoms with E-state index >= 15 is 0 Å². The molecule has 0 bridgehead atoms. The molecule has 1 aliphatic heterocycles. The van der Waals surface area contributed by atoms with Gasteiger partial charge in [-0.1, -0.05) is 64.6 Å². The van der Waals surface area contributed by atoms with Crippen molar-refractivity contribution in [1.29, 1.82) is 0 Å². The lowest BCUT2D eigenvalue weighted by atomic mass is 9.91. The Balaban J connectivity index is 2.02. The topological polar surface area (TPSA) is 40.5 Å². The van der Waals surface area contributed by atoms with Gasteiger partial charge in [-0.15, -0.1) is 0 Å². The molecule has 3 rings (SSSR count). The van der Waals surface area contributed by atoms with Crippen molar-refractivity contribution in [1.82, 2.24) is 4.90 Å². The van der Waals surface area contributed by atoms with Crippen LogP contribution in [0.15, 0.2) is 36.4 Å². The van der Waals surface area contributed by atoms with E-state index in [0.717, 1.165) is 11.1 Å². The smallest absolute Gasteiger partial charge is 0.306 e. The lowest BCUT2D eigenvalue weighted by Crippen LogP contribution is -2.39. The highest BCUT2D eigenvalue weighted by Gasteiger charge is 2.32. The second-order valence-corrected chi connectivity index (χ2v) is 7.99. The maximum Gasteiger partial charge on any atom is 0.306 e. The van der Waals surface area contributed by atoms with E-state index in [-0.39, 0.29) is 12.0 Å². The molecular weight excluding hydrogens is 416 g/mol. The standard InChI is InChI=1S/C19H17Cl4NO2/c20-12-4-5-13(16(22)10-12)18(14-2-1-3-15(21)17(14)23)24-8-6-11(7-9-24)19(25)26/h1-5,10-11,18H,6-9H2,(H,25,26). The molecule has 0 amide bonds. The third-order valence-electron chi connectivity index (χ3n) is 4.78. The number of carboxylic acids is 1. The minimum absolute atomic E-state index is 0.222. The fraction of sp³-hybridized carbons (Fsp3) is 0.316. The normalized spacial score (nSPS) is 17.2. The highest BCUT2D eigenvalue weighted by Crippen LogP contribution is 2.41. The first kappa shape index (κ1) is 19.8. The minimum Gasteiger partial charge on any atom is -0.481 e. The van der Waals surface area contributed by atoms with Crippen molar-refractivity contribution in [2.24, 2.45) is 5.92 Å². The summed E-state index contributed by atoms with van der Waals surface area (Å²) in [6.45, 7) is 1.26. The first-order valence-electron chi connectivity index (χ1n) is 8.24. The second kappa shape index (κ2) is 8.37. The van der Waals surface area contributed by atoms with Gasteiger partial charge in [0.05, 0.1) is 22.0 Å². The van der Waals surface area contributed by atoms with E-state index in [9.17, 15) is 9.90 Å². The Morgan fingerprint density at radius 2 is 1.69 bits per heavy atom. The number of carboxylic acid groups (broad SMARTS) is 1. The van der Waals surface area contributed by atoms with Crippen molar-refractivity contribution in [3.8, 4) is 0 Å². The summed E-state index contributed by atoms with van der Waals surface area (Å²) in [5.74, 6) is -1.06. The summed E-state index contributed by atoms with van der Waals surface area (Å²) in [6.07, 6.45) is 1.16. The highest BCUT2D eigenvalue weighted by atomic mass is 35.5. The van der Waals surface area contributed by atoms with Gasteiger partial charge >= 0.3 is 5.97 Å². The molecule has 1 atom stereocenters. The molecule has 3 nitrogen and oxygen atoms in total. The summed E-state index contributed by atoms with van der Waals surface area (Å²) < 4.78 is 0. The maximum absolute atomic E-state index is 11.3. The number of likely N-dealkylation sites (tertiary alicyclic amines) is 1. The summed E-state index contributed by atoms with van der Waals surface area (Å²) in [7, 11) is 0. The molecule has 0 saturated carbocycles. The van der Waals surface area contributed by atoms with Gasteiger partial charge in [-0.25, -0.2) is 0 Å². The zero-order chi connectivity index (χ0) is 18.8. The van der Waals surface area contributed by atoms with E-state index in [0.29, 0.717) is 46.0 Å². The van der Waals surface area contributed by atoms with Gasteiger partial charge in [0.1, 0.15) is 0 Å². The van der Waals surface area contributed by atoms with Gasteiger partial charge in [0.25, 0.3) is 0 Å². The van der Waals surface area contributed by atoms with Crippen LogP contribution < -0.4 is 0 Å². The molecule has 0 radical (unpaired) electrons. The third-order valence-corrected chi connectivity index (χ3v) is 6.17. The van der Waals surface area contributed by atoms with Crippen LogP contribution in [0, 0.1) is 5.92 Å². The molecule has 1 N–H and O–H groups in total. The molecular formula is C19H17Cl4NO2. The number of hydrogen-bond acceptors (Lipinski definition) is 2. The van der Waals surface area contributed by atoms with E-state index in [1.807, 2.05) is 18.2 Å². The van der Waals surface area contributed by atoms with Crippen LogP contribution in [-0.4, -0.2) is 29.1 Å². The predicted molar refractivity (Wildman–Crippen MR) is 107 cm³/mol. The van der Waals surface area contributed by atoms with Crippen LogP contribution in [0.25, 0.3) is 0 Å². The van der Waals surface area contributed by atoms with Crippen molar-refractivity contribution in [3.63, 3.8) is 0 Å². The van der Waals surface area contributed by atoms with Crippen LogP contribution in [-0.2, 0) is 4.79 Å².